The molecule has 1 aliphatic rings. The fraction of sp³-hybridized carbons (Fsp3) is 0.211. The van der Waals surface area contributed by atoms with Crippen LogP contribution in [0.25, 0.3) is 0 Å². The number of amides is 2. The van der Waals surface area contributed by atoms with Crippen molar-refractivity contribution >= 4 is 46.6 Å². The predicted molar refractivity (Wildman–Crippen MR) is 109 cm³/mol. The molecule has 1 saturated heterocycles. The Hall–Kier alpha value is -3.40. The summed E-state index contributed by atoms with van der Waals surface area (Å²) in [5.41, 5.74) is 0.912. The maximum absolute atomic E-state index is 12.2. The van der Waals surface area contributed by atoms with E-state index >= 15 is 0 Å². The topological polar surface area (TPSA) is 122 Å². The lowest BCUT2D eigenvalue weighted by molar-refractivity contribution is -0.122. The molecular weight excluding hydrogens is 396 g/mol. The maximum Gasteiger partial charge on any atom is 0.338 e. The van der Waals surface area contributed by atoms with E-state index in [0.29, 0.717) is 22.2 Å². The molecule has 0 radical (unpaired) electrons. The molecule has 1 aromatic heterocycles. The number of carbonyl (C=O) groups is 3. The molecule has 9 nitrogen and oxygen atoms in total. The van der Waals surface area contributed by atoms with Gasteiger partial charge in [-0.3, -0.25) is 9.59 Å². The van der Waals surface area contributed by atoms with E-state index in [0.717, 1.165) is 11.8 Å². The van der Waals surface area contributed by atoms with Gasteiger partial charge in [0.1, 0.15) is 11.0 Å². The average molecular weight is 414 g/mol. The maximum atomic E-state index is 12.2. The van der Waals surface area contributed by atoms with Crippen molar-refractivity contribution in [3.05, 3.63) is 54.0 Å². The molecule has 1 fully saturated rings. The van der Waals surface area contributed by atoms with Crippen LogP contribution < -0.4 is 10.6 Å². The van der Waals surface area contributed by atoms with Crippen molar-refractivity contribution < 1.29 is 23.5 Å². The minimum atomic E-state index is -0.605. The van der Waals surface area contributed by atoms with Gasteiger partial charge in [0.15, 0.2) is 5.17 Å². The molecule has 150 valence electrons. The lowest BCUT2D eigenvalue weighted by Crippen LogP contribution is -2.28. The highest BCUT2D eigenvalue weighted by Gasteiger charge is 2.32. The van der Waals surface area contributed by atoms with Crippen molar-refractivity contribution in [2.75, 3.05) is 11.9 Å². The molecule has 2 heterocycles. The summed E-state index contributed by atoms with van der Waals surface area (Å²) in [6, 6.07) is 9.76. The first-order chi connectivity index (χ1) is 14.0. The van der Waals surface area contributed by atoms with Gasteiger partial charge in [0.05, 0.1) is 24.6 Å². The number of thioether (sulfide) groups is 1. The van der Waals surface area contributed by atoms with Crippen molar-refractivity contribution in [3.8, 4) is 0 Å². The Morgan fingerprint density at radius 1 is 1.31 bits per heavy atom. The third-order valence-electron chi connectivity index (χ3n) is 3.70. The van der Waals surface area contributed by atoms with Crippen LogP contribution in [-0.2, 0) is 14.3 Å². The number of hydrogen-bond acceptors (Lipinski definition) is 8. The first kappa shape index (κ1) is 20.3. The van der Waals surface area contributed by atoms with Crippen LogP contribution in [0.4, 0.5) is 5.69 Å². The van der Waals surface area contributed by atoms with Crippen LogP contribution in [0, 0.1) is 0 Å². The summed E-state index contributed by atoms with van der Waals surface area (Å²) in [6.45, 7) is 2.02. The molecule has 2 aromatic rings. The molecule has 2 N–H and O–H groups in total. The summed E-state index contributed by atoms with van der Waals surface area (Å²) in [7, 11) is 0. The lowest BCUT2D eigenvalue weighted by Gasteiger charge is -2.08. The normalized spacial score (nSPS) is 17.5. The number of ether oxygens (including phenoxy) is 1. The fourth-order valence-electron chi connectivity index (χ4n) is 2.37. The molecule has 0 saturated carbocycles. The number of amidine groups is 1. The summed E-state index contributed by atoms with van der Waals surface area (Å²) in [6.07, 6.45) is 2.90. The Labute approximate surface area is 170 Å². The van der Waals surface area contributed by atoms with Crippen LogP contribution in [0.2, 0.25) is 0 Å². The van der Waals surface area contributed by atoms with Gasteiger partial charge in [-0.1, -0.05) is 11.8 Å². The van der Waals surface area contributed by atoms with E-state index in [9.17, 15) is 14.4 Å². The van der Waals surface area contributed by atoms with E-state index in [1.807, 2.05) is 0 Å². The second-order valence-corrected chi connectivity index (χ2v) is 7.00. The summed E-state index contributed by atoms with van der Waals surface area (Å²) in [5, 5.41) is 12.7. The van der Waals surface area contributed by atoms with E-state index < -0.39 is 11.2 Å². The molecule has 1 aliphatic heterocycles. The van der Waals surface area contributed by atoms with E-state index in [-0.39, 0.29) is 24.8 Å². The number of furan rings is 1. The quantitative estimate of drug-likeness (QED) is 0.408. The number of carbonyl (C=O) groups excluding carboxylic acids is 3. The Bertz CT molecular complexity index is 938. The van der Waals surface area contributed by atoms with Gasteiger partial charge in [-0.15, -0.1) is 5.10 Å². The zero-order valence-electron chi connectivity index (χ0n) is 15.5. The van der Waals surface area contributed by atoms with Gasteiger partial charge in [0.2, 0.25) is 11.8 Å². The van der Waals surface area contributed by atoms with Gasteiger partial charge in [-0.05, 0) is 43.3 Å². The minimum Gasteiger partial charge on any atom is -0.463 e. The van der Waals surface area contributed by atoms with Gasteiger partial charge in [-0.25, -0.2) is 4.79 Å². The SMILES string of the molecule is CCOC(=O)c1ccc(NC(=O)C[C@@H]2S/C(=N/N=Cc3ccco3)NC2=O)cc1. The van der Waals surface area contributed by atoms with Crippen molar-refractivity contribution in [1.82, 2.24) is 5.32 Å². The zero-order chi connectivity index (χ0) is 20.6. The summed E-state index contributed by atoms with van der Waals surface area (Å²) in [5.74, 6) is -0.531. The highest BCUT2D eigenvalue weighted by molar-refractivity contribution is 8.15. The first-order valence-electron chi connectivity index (χ1n) is 8.74. The summed E-state index contributed by atoms with van der Waals surface area (Å²) in [4.78, 5) is 35.9. The number of anilines is 1. The Morgan fingerprint density at radius 3 is 2.79 bits per heavy atom. The number of rotatable bonds is 7. The Kier molecular flexibility index (Phi) is 6.80. The molecule has 3 rings (SSSR count). The third kappa shape index (κ3) is 5.79. The number of nitrogens with zero attached hydrogens (tertiary/aromatic N) is 2. The van der Waals surface area contributed by atoms with Gasteiger partial charge >= 0.3 is 5.97 Å². The monoisotopic (exact) mass is 414 g/mol. The second kappa shape index (κ2) is 9.69. The van der Waals surface area contributed by atoms with E-state index in [1.165, 1.54) is 12.5 Å². The lowest BCUT2D eigenvalue weighted by atomic mass is 10.2. The summed E-state index contributed by atoms with van der Waals surface area (Å²) < 4.78 is 10.00. The number of esters is 1. The Morgan fingerprint density at radius 2 is 2.10 bits per heavy atom. The predicted octanol–water partition coefficient (Wildman–Crippen LogP) is 2.41. The van der Waals surface area contributed by atoms with Gasteiger partial charge < -0.3 is 19.8 Å². The molecule has 1 atom stereocenters. The number of benzene rings is 1. The fourth-order valence-corrected chi connectivity index (χ4v) is 3.30. The van der Waals surface area contributed by atoms with Crippen molar-refractivity contribution in [2.24, 2.45) is 10.2 Å². The Balaban J connectivity index is 1.51. The van der Waals surface area contributed by atoms with Crippen LogP contribution in [0.1, 0.15) is 29.5 Å². The van der Waals surface area contributed by atoms with Crippen LogP contribution in [0.3, 0.4) is 0 Å². The standard InChI is InChI=1S/C19H18N4O5S/c1-2-27-18(26)12-5-7-13(8-6-12)21-16(24)10-15-17(25)22-19(29-15)23-20-11-14-4-3-9-28-14/h3-9,11,15H,2,10H2,1H3,(H,21,24)(H,22,23,25)/t15-/m0/s1. The minimum absolute atomic E-state index is 0.0307. The average Bonchev–Trinajstić information content (AvgIpc) is 3.33. The molecule has 0 bridgehead atoms. The van der Waals surface area contributed by atoms with Gasteiger partial charge in [0.25, 0.3) is 0 Å². The van der Waals surface area contributed by atoms with E-state index in [1.54, 1.807) is 43.3 Å². The van der Waals surface area contributed by atoms with Gasteiger partial charge in [-0.2, -0.15) is 5.10 Å². The smallest absolute Gasteiger partial charge is 0.338 e. The van der Waals surface area contributed by atoms with Gasteiger partial charge in [0, 0.05) is 12.1 Å². The van der Waals surface area contributed by atoms with Crippen molar-refractivity contribution in [1.29, 1.82) is 0 Å². The molecule has 1 aromatic carbocycles. The second-order valence-electron chi connectivity index (χ2n) is 5.81. The molecule has 0 aliphatic carbocycles. The molecule has 0 spiro atoms. The molecular formula is C19H18N4O5S. The zero-order valence-corrected chi connectivity index (χ0v) is 16.3. The van der Waals surface area contributed by atoms with Crippen LogP contribution in [0.15, 0.2) is 57.3 Å². The number of nitrogens with one attached hydrogen (secondary N) is 2. The van der Waals surface area contributed by atoms with Crippen LogP contribution in [0.5, 0.6) is 0 Å². The molecule has 10 heteroatoms. The van der Waals surface area contributed by atoms with Crippen LogP contribution in [-0.4, -0.2) is 41.0 Å². The largest absolute Gasteiger partial charge is 0.463 e. The molecule has 0 unspecified atom stereocenters. The molecule has 2 amide bonds. The van der Waals surface area contributed by atoms with E-state index in [2.05, 4.69) is 20.8 Å². The highest BCUT2D eigenvalue weighted by atomic mass is 32.2. The first-order valence-corrected chi connectivity index (χ1v) is 9.62. The highest BCUT2D eigenvalue weighted by Crippen LogP contribution is 2.23. The number of hydrogen-bond donors (Lipinski definition) is 2. The summed E-state index contributed by atoms with van der Waals surface area (Å²) >= 11 is 1.13. The van der Waals surface area contributed by atoms with Crippen molar-refractivity contribution in [3.63, 3.8) is 0 Å². The third-order valence-corrected chi connectivity index (χ3v) is 4.78. The van der Waals surface area contributed by atoms with Crippen LogP contribution >= 0.6 is 11.8 Å². The van der Waals surface area contributed by atoms with E-state index in [4.69, 9.17) is 9.15 Å². The van der Waals surface area contributed by atoms with Crippen molar-refractivity contribution in [2.45, 2.75) is 18.6 Å². The molecule has 29 heavy (non-hydrogen) atoms.